The molecule has 0 spiro atoms. The van der Waals surface area contributed by atoms with Gasteiger partial charge in [-0.2, -0.15) is 27.9 Å². The zero-order valence-electron chi connectivity index (χ0n) is 33.1. The fourth-order valence-corrected chi connectivity index (χ4v) is 6.37. The van der Waals surface area contributed by atoms with Crippen LogP contribution in [0.2, 0.25) is 19.6 Å². The zero-order valence-corrected chi connectivity index (χ0v) is 38.7. The number of nitrogens with zero attached hydrogens (tertiary/aromatic N) is 4. The van der Waals surface area contributed by atoms with Gasteiger partial charge in [-0.25, -0.2) is 26.8 Å². The average Bonchev–Trinajstić information content (AvgIpc) is 3.10. The maximum absolute atomic E-state index is 13.5. The number of benzene rings is 4. The second kappa shape index (κ2) is 23.1. The largest absolute Gasteiger partial charge is 2.00 e. The molecule has 0 aliphatic carbocycles. The summed E-state index contributed by atoms with van der Waals surface area (Å²) in [6, 6.07) is 27.7. The van der Waals surface area contributed by atoms with Crippen LogP contribution in [0.1, 0.15) is 69.8 Å². The predicted octanol–water partition coefficient (Wildman–Crippen LogP) is 6.06. The molecule has 290 valence electrons. The van der Waals surface area contributed by atoms with Gasteiger partial charge in [-0.1, -0.05) is 56.0 Å². The normalized spacial score (nSPS) is 12.8. The van der Waals surface area contributed by atoms with Crippen LogP contribution in [0.25, 0.3) is 4.85 Å². The first-order valence-electron chi connectivity index (χ1n) is 16.6. The van der Waals surface area contributed by atoms with Gasteiger partial charge in [0.2, 0.25) is 0 Å². The number of halogens is 3. The molecule has 4 rings (SSSR count). The maximum atomic E-state index is 13.5. The van der Waals surface area contributed by atoms with Crippen molar-refractivity contribution >= 4 is 76.5 Å². The molecule has 0 heterocycles. The van der Waals surface area contributed by atoms with Crippen molar-refractivity contribution in [3.05, 3.63) is 136 Å². The molecule has 0 aromatic heterocycles. The Labute approximate surface area is 359 Å². The number of nitrogens with two attached hydrogens (primary N) is 1. The minimum atomic E-state index is -1.46. The summed E-state index contributed by atoms with van der Waals surface area (Å²) in [5.41, 5.74) is 9.66. The van der Waals surface area contributed by atoms with Crippen LogP contribution in [-0.4, -0.2) is 62.5 Å². The first-order valence-corrected chi connectivity index (χ1v) is 22.3. The van der Waals surface area contributed by atoms with Crippen LogP contribution in [0, 0.1) is 35.6 Å². The molecule has 3 N–H and O–H groups in total. The van der Waals surface area contributed by atoms with Crippen LogP contribution in [0.15, 0.2) is 89.3 Å². The minimum Gasteiger partial charge on any atom is -1.00 e. The zero-order chi connectivity index (χ0) is 40.1. The Bertz CT molecular complexity index is 2020. The molecule has 4 aromatic rings. The van der Waals surface area contributed by atoms with Crippen molar-refractivity contribution in [1.29, 1.82) is 5.26 Å². The van der Waals surface area contributed by atoms with E-state index in [9.17, 15) is 17.2 Å². The minimum absolute atomic E-state index is 0. The number of nitriles is 1. The Morgan fingerprint density at radius 1 is 0.964 bits per heavy atom. The predicted molar refractivity (Wildman–Crippen MR) is 226 cm³/mol. The summed E-state index contributed by atoms with van der Waals surface area (Å²) in [4.78, 5) is 3.32. The summed E-state index contributed by atoms with van der Waals surface area (Å²) in [6.45, 7) is 24.6. The second-order valence-corrected chi connectivity index (χ2v) is 23.8. The van der Waals surface area contributed by atoms with Crippen LogP contribution in [-0.2, 0) is 22.0 Å². The van der Waals surface area contributed by atoms with Gasteiger partial charge in [0.05, 0.1) is 50.4 Å². The number of rotatable bonds is 8. The van der Waals surface area contributed by atoms with Crippen LogP contribution in [0.3, 0.4) is 0 Å². The van der Waals surface area contributed by atoms with Crippen molar-refractivity contribution in [1.82, 2.24) is 4.72 Å². The third kappa shape index (κ3) is 17.2. The molecular formula is C40H49BrF2MgN6O2S2Si. The monoisotopic (exact) mass is 878 g/mol. The number of nitrogens with one attached hydrogen (secondary N) is 1. The van der Waals surface area contributed by atoms with Crippen LogP contribution < -0.4 is 32.0 Å². The molecule has 0 aliphatic heterocycles. The molecule has 3 atom stereocenters. The molecule has 0 saturated carbocycles. The number of anilines is 2. The molecule has 0 unspecified atom stereocenters. The molecule has 55 heavy (non-hydrogen) atoms. The van der Waals surface area contributed by atoms with Crippen molar-refractivity contribution in [3.8, 4) is 6.07 Å². The molecule has 0 fully saturated rings. The first kappa shape index (κ1) is 51.7. The van der Waals surface area contributed by atoms with Crippen molar-refractivity contribution in [2.45, 2.75) is 76.7 Å². The Kier molecular flexibility index (Phi) is 21.7. The van der Waals surface area contributed by atoms with Gasteiger partial charge in [-0.15, -0.1) is 6.07 Å². The van der Waals surface area contributed by atoms with Crippen molar-refractivity contribution in [2.24, 2.45) is 4.40 Å². The fraction of sp³-hybridized carbons (Fsp3) is 0.325. The van der Waals surface area contributed by atoms with E-state index in [1.807, 2.05) is 65.3 Å². The van der Waals surface area contributed by atoms with Gasteiger partial charge in [0, 0.05) is 12.0 Å². The van der Waals surface area contributed by atoms with Gasteiger partial charge in [0.1, 0.15) is 25.0 Å². The van der Waals surface area contributed by atoms with Crippen LogP contribution >= 0.6 is 0 Å². The molecule has 0 amide bonds. The third-order valence-electron chi connectivity index (χ3n) is 7.46. The molecular weight excluding hydrogens is 831 g/mol. The van der Waals surface area contributed by atoms with Crippen molar-refractivity contribution in [2.75, 3.05) is 17.3 Å². The van der Waals surface area contributed by atoms with E-state index in [1.165, 1.54) is 18.2 Å². The van der Waals surface area contributed by atoms with E-state index in [2.05, 4.69) is 45.7 Å². The summed E-state index contributed by atoms with van der Waals surface area (Å²) in [5, 5.41) is 9.11. The standard InChI is InChI=1S/C18H20FN3OS.C12H14N2OS.C10H15FNSi.BrH.Mg/c1-18(2,3)24(23)22-17(13-6-4-5-12(9-13)11-20)14-7-8-15(19)16(21)10-14;1-12(2,3)16(15)14-9-10-6-5-7-11(8-10)13-4;1-12(13(2,3)4)10-8-6-5-7-9(10)11;;/h4-10,17,22H,21H2,1-3H3;5-9H,1-3H3;5,7-8H,1-4H3;1H;/q;;-1;;+2/p-1/t17-,24-;16-;;;/m11.../s1. The van der Waals surface area contributed by atoms with E-state index in [0.29, 0.717) is 22.5 Å². The summed E-state index contributed by atoms with van der Waals surface area (Å²) in [5.74, 6) is -0.663. The van der Waals surface area contributed by atoms with Crippen LogP contribution in [0.5, 0.6) is 0 Å². The summed E-state index contributed by atoms with van der Waals surface area (Å²) < 4.78 is 59.3. The van der Waals surface area contributed by atoms with Gasteiger partial charge in [0.15, 0.2) is 5.69 Å². The molecule has 0 aliphatic rings. The Morgan fingerprint density at radius 3 is 2.11 bits per heavy atom. The molecule has 0 bridgehead atoms. The summed E-state index contributed by atoms with van der Waals surface area (Å²) in [7, 11) is -2.13. The number of hydrogen-bond acceptors (Lipinski definition) is 5. The Morgan fingerprint density at radius 2 is 1.58 bits per heavy atom. The Hall–Kier alpha value is -3.29. The van der Waals surface area contributed by atoms with E-state index >= 15 is 0 Å². The SMILES string of the molecule is CC(C)(C)[S@@](=O)N[C@H](c1cccc(C#N)c1)c1ccc(F)c(N)c1.CN(c1c[c-]ccc1F)[Si](C)(C)C.[Br-].[C-]#[N+]c1cccc(C=N[S@](=O)C(C)(C)C)c1.[Mg+2]. The summed E-state index contributed by atoms with van der Waals surface area (Å²) >= 11 is 0. The Balaban J connectivity index is 0.000000824. The smallest absolute Gasteiger partial charge is 1.00 e. The van der Waals surface area contributed by atoms with Crippen molar-refractivity contribution in [3.63, 3.8) is 0 Å². The van der Waals surface area contributed by atoms with E-state index < -0.39 is 46.8 Å². The molecule has 4 aromatic carbocycles. The van der Waals surface area contributed by atoms with Gasteiger partial charge in [-0.3, -0.25) is 0 Å². The van der Waals surface area contributed by atoms with Gasteiger partial charge < -0.3 is 27.3 Å². The van der Waals surface area contributed by atoms with E-state index in [-0.39, 0.29) is 56.3 Å². The van der Waals surface area contributed by atoms with Gasteiger partial charge in [0.25, 0.3) is 0 Å². The fourth-order valence-electron chi connectivity index (χ4n) is 4.10. The number of hydrogen-bond donors (Lipinski definition) is 2. The second-order valence-electron chi connectivity index (χ2n) is 14.9. The third-order valence-corrected chi connectivity index (χ3v) is 12.6. The van der Waals surface area contributed by atoms with E-state index in [0.717, 1.165) is 11.1 Å². The topological polar surface area (TPSA) is 116 Å². The molecule has 0 radical (unpaired) electrons. The first-order chi connectivity index (χ1) is 24.6. The van der Waals surface area contributed by atoms with E-state index in [4.69, 9.17) is 17.6 Å². The molecule has 8 nitrogen and oxygen atoms in total. The van der Waals surface area contributed by atoms with E-state index in [1.54, 1.807) is 60.8 Å². The maximum Gasteiger partial charge on any atom is 2.00 e. The van der Waals surface area contributed by atoms with Crippen LogP contribution in [0.4, 0.5) is 25.8 Å². The quantitative estimate of drug-likeness (QED) is 0.0968. The van der Waals surface area contributed by atoms with Gasteiger partial charge >= 0.3 is 23.1 Å². The summed E-state index contributed by atoms with van der Waals surface area (Å²) in [6.07, 6.45) is 1.55. The number of nitrogen functional groups attached to an aromatic ring is 1. The molecule has 0 saturated heterocycles. The molecule has 15 heteroatoms. The van der Waals surface area contributed by atoms with Gasteiger partial charge in [-0.05, 0) is 101 Å². The average molecular weight is 880 g/mol. The van der Waals surface area contributed by atoms with Crippen molar-refractivity contribution < 1.29 is 34.2 Å².